The van der Waals surface area contributed by atoms with Crippen LogP contribution in [-0.2, 0) is 17.8 Å². The zero-order valence-electron chi connectivity index (χ0n) is 15.5. The topological polar surface area (TPSA) is 63.1 Å². The molecule has 0 unspecified atom stereocenters. The van der Waals surface area contributed by atoms with Gasteiger partial charge in [-0.3, -0.25) is 9.48 Å². The molecule has 0 aliphatic carbocycles. The third-order valence-corrected chi connectivity index (χ3v) is 4.77. The van der Waals surface area contributed by atoms with Crippen LogP contribution in [0.15, 0.2) is 54.9 Å². The van der Waals surface area contributed by atoms with E-state index in [0.717, 1.165) is 30.0 Å². The number of pyridine rings is 1. The Labute approximate surface area is 163 Å². The lowest BCUT2D eigenvalue weighted by Gasteiger charge is -2.16. The van der Waals surface area contributed by atoms with E-state index in [1.165, 1.54) is 25.0 Å². The van der Waals surface area contributed by atoms with Crippen LogP contribution >= 0.6 is 0 Å². The zero-order chi connectivity index (χ0) is 19.3. The maximum absolute atomic E-state index is 13.0. The highest BCUT2D eigenvalue weighted by Gasteiger charge is 2.13. The molecule has 3 heterocycles. The molecule has 0 atom stereocenters. The number of nitrogens with one attached hydrogen (secondary N) is 1. The lowest BCUT2D eigenvalue weighted by Crippen LogP contribution is -2.19. The molecule has 1 aliphatic rings. The highest BCUT2D eigenvalue weighted by molar-refractivity contribution is 5.91. The van der Waals surface area contributed by atoms with Crippen molar-refractivity contribution in [3.05, 3.63) is 71.8 Å². The van der Waals surface area contributed by atoms with Crippen molar-refractivity contribution in [3.63, 3.8) is 0 Å². The fraction of sp³-hybridized carbons (Fsp3) is 0.286. The Kier molecular flexibility index (Phi) is 5.32. The number of halogens is 1. The maximum Gasteiger partial charge on any atom is 0.230 e. The van der Waals surface area contributed by atoms with Gasteiger partial charge >= 0.3 is 0 Å². The average Bonchev–Trinajstić information content (AvgIpc) is 3.37. The Hall–Kier alpha value is -3.22. The smallest absolute Gasteiger partial charge is 0.230 e. The van der Waals surface area contributed by atoms with Crippen LogP contribution in [0, 0.1) is 5.82 Å². The number of benzene rings is 1. The Morgan fingerprint density at radius 2 is 1.79 bits per heavy atom. The van der Waals surface area contributed by atoms with Crippen LogP contribution in [0.5, 0.6) is 0 Å². The predicted octanol–water partition coefficient (Wildman–Crippen LogP) is 3.25. The van der Waals surface area contributed by atoms with Gasteiger partial charge in [0.1, 0.15) is 11.6 Å². The first-order valence-electron chi connectivity index (χ1n) is 9.43. The second-order valence-corrected chi connectivity index (χ2v) is 6.97. The number of hydrogen-bond donors (Lipinski definition) is 1. The standard InChI is InChI=1S/C21H22FN5O/c22-18-6-3-16(4-7-18)15-27-12-9-19(25-27)24-21(28)13-17-5-8-20(23-14-17)26-10-1-2-11-26/h3-9,12,14H,1-2,10-11,13,15H2,(H,24,25,28). The van der Waals surface area contributed by atoms with Crippen LogP contribution in [0.4, 0.5) is 16.0 Å². The third-order valence-electron chi connectivity index (χ3n) is 4.77. The normalized spacial score (nSPS) is 13.7. The van der Waals surface area contributed by atoms with E-state index in [4.69, 9.17) is 0 Å². The Balaban J connectivity index is 1.31. The van der Waals surface area contributed by atoms with Crippen molar-refractivity contribution in [3.8, 4) is 0 Å². The van der Waals surface area contributed by atoms with Gasteiger partial charge in [0.2, 0.25) is 5.91 Å². The van der Waals surface area contributed by atoms with Gasteiger partial charge in [-0.05, 0) is 42.2 Å². The van der Waals surface area contributed by atoms with Gasteiger partial charge in [-0.15, -0.1) is 0 Å². The van der Waals surface area contributed by atoms with Gasteiger partial charge in [-0.2, -0.15) is 5.10 Å². The highest BCUT2D eigenvalue weighted by atomic mass is 19.1. The lowest BCUT2D eigenvalue weighted by molar-refractivity contribution is -0.115. The number of anilines is 2. The maximum atomic E-state index is 13.0. The van der Waals surface area contributed by atoms with Crippen LogP contribution in [-0.4, -0.2) is 33.8 Å². The summed E-state index contributed by atoms with van der Waals surface area (Å²) in [5, 5.41) is 7.15. The van der Waals surface area contributed by atoms with Crippen molar-refractivity contribution in [2.24, 2.45) is 0 Å². The van der Waals surface area contributed by atoms with Crippen LogP contribution < -0.4 is 10.2 Å². The summed E-state index contributed by atoms with van der Waals surface area (Å²) in [6, 6.07) is 12.0. The van der Waals surface area contributed by atoms with Gasteiger partial charge in [0, 0.05) is 31.5 Å². The average molecular weight is 379 g/mol. The minimum atomic E-state index is -0.264. The summed E-state index contributed by atoms with van der Waals surface area (Å²) in [7, 11) is 0. The highest BCUT2D eigenvalue weighted by Crippen LogP contribution is 2.18. The van der Waals surface area contributed by atoms with E-state index in [-0.39, 0.29) is 18.1 Å². The molecule has 0 bridgehead atoms. The third kappa shape index (κ3) is 4.54. The van der Waals surface area contributed by atoms with Crippen molar-refractivity contribution in [1.29, 1.82) is 0 Å². The molecule has 1 aliphatic heterocycles. The van der Waals surface area contributed by atoms with Crippen molar-refractivity contribution in [2.45, 2.75) is 25.8 Å². The zero-order valence-corrected chi connectivity index (χ0v) is 15.5. The molecule has 28 heavy (non-hydrogen) atoms. The van der Waals surface area contributed by atoms with E-state index in [9.17, 15) is 9.18 Å². The minimum Gasteiger partial charge on any atom is -0.357 e. The van der Waals surface area contributed by atoms with Gasteiger partial charge in [0.15, 0.2) is 5.82 Å². The number of nitrogens with zero attached hydrogens (tertiary/aromatic N) is 4. The summed E-state index contributed by atoms with van der Waals surface area (Å²) in [6.07, 6.45) is 6.21. The SMILES string of the molecule is O=C(Cc1ccc(N2CCCC2)nc1)Nc1ccn(Cc2ccc(F)cc2)n1. The van der Waals surface area contributed by atoms with E-state index in [0.29, 0.717) is 12.4 Å². The fourth-order valence-electron chi connectivity index (χ4n) is 3.32. The number of rotatable bonds is 6. The van der Waals surface area contributed by atoms with Gasteiger partial charge in [-0.1, -0.05) is 18.2 Å². The molecule has 7 heteroatoms. The van der Waals surface area contributed by atoms with Crippen molar-refractivity contribution >= 4 is 17.5 Å². The molecule has 0 radical (unpaired) electrons. The summed E-state index contributed by atoms with van der Waals surface area (Å²) in [5.74, 6) is 1.07. The summed E-state index contributed by atoms with van der Waals surface area (Å²) in [4.78, 5) is 19.0. The molecule has 1 aromatic carbocycles. The fourth-order valence-corrected chi connectivity index (χ4v) is 3.32. The molecule has 1 saturated heterocycles. The predicted molar refractivity (Wildman–Crippen MR) is 106 cm³/mol. The molecule has 144 valence electrons. The van der Waals surface area contributed by atoms with Crippen molar-refractivity contribution < 1.29 is 9.18 Å². The Bertz CT molecular complexity index is 930. The molecular formula is C21H22FN5O. The van der Waals surface area contributed by atoms with E-state index in [1.54, 1.807) is 35.3 Å². The van der Waals surface area contributed by atoms with E-state index < -0.39 is 0 Å². The van der Waals surface area contributed by atoms with E-state index >= 15 is 0 Å². The van der Waals surface area contributed by atoms with Gasteiger partial charge in [0.25, 0.3) is 0 Å². The van der Waals surface area contributed by atoms with Gasteiger partial charge < -0.3 is 10.2 Å². The first kappa shape index (κ1) is 18.2. The van der Waals surface area contributed by atoms with Crippen LogP contribution in [0.25, 0.3) is 0 Å². The van der Waals surface area contributed by atoms with E-state index in [1.807, 2.05) is 12.1 Å². The number of carbonyl (C=O) groups excluding carboxylic acids is 1. The number of hydrogen-bond acceptors (Lipinski definition) is 4. The molecule has 0 saturated carbocycles. The lowest BCUT2D eigenvalue weighted by atomic mass is 10.2. The van der Waals surface area contributed by atoms with Crippen LogP contribution in [0.1, 0.15) is 24.0 Å². The van der Waals surface area contributed by atoms with Crippen molar-refractivity contribution in [2.75, 3.05) is 23.3 Å². The Morgan fingerprint density at radius 3 is 2.50 bits per heavy atom. The molecule has 1 N–H and O–H groups in total. The quantitative estimate of drug-likeness (QED) is 0.714. The molecule has 3 aromatic rings. The summed E-state index contributed by atoms with van der Waals surface area (Å²) < 4.78 is 14.7. The largest absolute Gasteiger partial charge is 0.357 e. The second kappa shape index (κ2) is 8.21. The molecule has 2 aromatic heterocycles. The number of carbonyl (C=O) groups is 1. The summed E-state index contributed by atoms with van der Waals surface area (Å²) in [6.45, 7) is 2.61. The molecule has 1 amide bonds. The minimum absolute atomic E-state index is 0.136. The monoisotopic (exact) mass is 379 g/mol. The summed E-state index contributed by atoms with van der Waals surface area (Å²) in [5.41, 5.74) is 1.80. The second-order valence-electron chi connectivity index (χ2n) is 6.97. The van der Waals surface area contributed by atoms with Gasteiger partial charge in [0.05, 0.1) is 13.0 Å². The summed E-state index contributed by atoms with van der Waals surface area (Å²) >= 11 is 0. The molecule has 4 rings (SSSR count). The first-order chi connectivity index (χ1) is 13.7. The van der Waals surface area contributed by atoms with Crippen LogP contribution in [0.3, 0.4) is 0 Å². The molecule has 1 fully saturated rings. The molecule has 6 nitrogen and oxygen atoms in total. The van der Waals surface area contributed by atoms with Crippen molar-refractivity contribution in [1.82, 2.24) is 14.8 Å². The van der Waals surface area contributed by atoms with E-state index in [2.05, 4.69) is 20.3 Å². The number of aromatic nitrogens is 3. The van der Waals surface area contributed by atoms with Gasteiger partial charge in [-0.25, -0.2) is 9.37 Å². The van der Waals surface area contributed by atoms with Crippen LogP contribution in [0.2, 0.25) is 0 Å². The molecular weight excluding hydrogens is 357 g/mol. The Morgan fingerprint density at radius 1 is 1.04 bits per heavy atom. The molecule has 0 spiro atoms. The first-order valence-corrected chi connectivity index (χ1v) is 9.43. The number of amides is 1.